The molecule has 3 aromatic rings. The molecule has 132 valence electrons. The quantitative estimate of drug-likeness (QED) is 0.500. The molecule has 0 fully saturated rings. The van der Waals surface area contributed by atoms with Crippen molar-refractivity contribution in [2.24, 2.45) is 0 Å². The van der Waals surface area contributed by atoms with E-state index in [0.29, 0.717) is 26.7 Å². The Morgan fingerprint density at radius 3 is 2.48 bits per heavy atom. The summed E-state index contributed by atoms with van der Waals surface area (Å²) in [6.45, 7) is 0. The second kappa shape index (κ2) is 8.24. The van der Waals surface area contributed by atoms with Gasteiger partial charge in [-0.05, 0) is 35.7 Å². The molecule has 0 atom stereocenters. The van der Waals surface area contributed by atoms with Crippen LogP contribution in [0.25, 0.3) is 10.4 Å². The van der Waals surface area contributed by atoms with Crippen molar-refractivity contribution in [3.05, 3.63) is 63.5 Å². The molecule has 1 aromatic carbocycles. The van der Waals surface area contributed by atoms with E-state index in [1.54, 1.807) is 24.3 Å². The van der Waals surface area contributed by atoms with E-state index in [1.165, 1.54) is 23.1 Å². The lowest BCUT2D eigenvalue weighted by Crippen LogP contribution is -2.19. The first-order chi connectivity index (χ1) is 13.0. The third-order valence-electron chi connectivity index (χ3n) is 3.75. The van der Waals surface area contributed by atoms with Crippen LogP contribution >= 0.6 is 34.7 Å². The van der Waals surface area contributed by atoms with Crippen LogP contribution in [-0.4, -0.2) is 11.5 Å². The van der Waals surface area contributed by atoms with Gasteiger partial charge in [0.2, 0.25) is 0 Å². The number of carbonyl (C=O) groups excluding carboxylic acids is 1. The Balaban J connectivity index is 1.97. The Hall–Kier alpha value is -2.84. The van der Waals surface area contributed by atoms with Crippen molar-refractivity contribution < 1.29 is 9.78 Å². The van der Waals surface area contributed by atoms with Crippen LogP contribution in [0.4, 0.5) is 5.82 Å². The first-order valence-corrected chi connectivity index (χ1v) is 9.94. The van der Waals surface area contributed by atoms with E-state index < -0.39 is 0 Å². The normalized spacial score (nSPS) is 10.2. The van der Waals surface area contributed by atoms with Crippen LogP contribution in [0, 0.1) is 22.7 Å². The van der Waals surface area contributed by atoms with Gasteiger partial charge in [0.1, 0.15) is 17.7 Å². The molecule has 0 unspecified atom stereocenters. The Morgan fingerprint density at radius 2 is 1.89 bits per heavy atom. The summed E-state index contributed by atoms with van der Waals surface area (Å²) >= 11 is 8.44. The summed E-state index contributed by atoms with van der Waals surface area (Å²) in [5.74, 6) is 0.179. The number of nitrogens with two attached hydrogens (primary N) is 1. The van der Waals surface area contributed by atoms with Crippen molar-refractivity contribution in [2.75, 3.05) is 11.5 Å². The molecule has 0 aliphatic carbocycles. The molecule has 0 saturated heterocycles. The number of Topliss-reactive ketones (excluding diaryl/α,β-unsaturated/α-hetero) is 1. The second-order valence-corrected chi connectivity index (χ2v) is 7.78. The molecule has 2 heterocycles. The predicted molar refractivity (Wildman–Crippen MR) is 107 cm³/mol. The van der Waals surface area contributed by atoms with E-state index >= 15 is 0 Å². The van der Waals surface area contributed by atoms with Gasteiger partial charge in [-0.25, -0.2) is 4.98 Å². The number of thioether (sulfide) groups is 1. The van der Waals surface area contributed by atoms with Crippen molar-refractivity contribution in [1.29, 1.82) is 10.5 Å². The topological polar surface area (TPSA) is 105 Å². The zero-order valence-electron chi connectivity index (χ0n) is 13.8. The standard InChI is InChI=1S/C19H11ClN4OS2/c20-12-5-3-11(4-6-12)15(25)10-27-19-14(9-22)17(16-2-1-7-26-16)13(8-21)18(23)24-19/h1-7H,10H2,(H2,23,24)/p+1. The lowest BCUT2D eigenvalue weighted by molar-refractivity contribution is -0.410. The number of ketones is 1. The molecule has 0 spiro atoms. The minimum absolute atomic E-state index is 0.102. The number of pyridine rings is 1. The summed E-state index contributed by atoms with van der Waals surface area (Å²) in [6.07, 6.45) is 0. The highest BCUT2D eigenvalue weighted by Gasteiger charge is 2.24. The number of carbonyl (C=O) groups is 1. The average molecular weight is 412 g/mol. The van der Waals surface area contributed by atoms with E-state index in [1.807, 2.05) is 17.5 Å². The fourth-order valence-electron chi connectivity index (χ4n) is 2.48. The van der Waals surface area contributed by atoms with Gasteiger partial charge in [-0.1, -0.05) is 29.4 Å². The van der Waals surface area contributed by atoms with Crippen LogP contribution in [0.2, 0.25) is 5.02 Å². The largest absolute Gasteiger partial charge is 0.293 e. The monoisotopic (exact) mass is 411 g/mol. The highest BCUT2D eigenvalue weighted by atomic mass is 35.5. The maximum Gasteiger partial charge on any atom is 0.289 e. The number of anilines is 1. The number of H-pyrrole nitrogens is 1. The van der Waals surface area contributed by atoms with Gasteiger partial charge in [0.05, 0.1) is 5.75 Å². The van der Waals surface area contributed by atoms with Crippen LogP contribution < -0.4 is 10.7 Å². The number of nitriles is 2. The molecule has 0 aliphatic rings. The number of halogens is 1. The van der Waals surface area contributed by atoms with Crippen LogP contribution in [0.1, 0.15) is 21.5 Å². The number of nitrogens with zero attached hydrogens (tertiary/aromatic N) is 2. The predicted octanol–water partition coefficient (Wildman–Crippen LogP) is 4.18. The van der Waals surface area contributed by atoms with Gasteiger partial charge in [0.25, 0.3) is 5.82 Å². The first-order valence-electron chi connectivity index (χ1n) is 7.69. The minimum Gasteiger partial charge on any atom is -0.293 e. The molecule has 3 N–H and O–H groups in total. The van der Waals surface area contributed by atoms with Crippen molar-refractivity contribution in [2.45, 2.75) is 5.03 Å². The molecule has 5 nitrogen and oxygen atoms in total. The first kappa shape index (κ1) is 18.9. The Morgan fingerprint density at radius 1 is 1.19 bits per heavy atom. The highest BCUT2D eigenvalue weighted by molar-refractivity contribution is 7.99. The number of aromatic nitrogens is 1. The lowest BCUT2D eigenvalue weighted by Gasteiger charge is -2.08. The van der Waals surface area contributed by atoms with Crippen LogP contribution in [-0.2, 0) is 0 Å². The lowest BCUT2D eigenvalue weighted by atomic mass is 10.0. The Labute approximate surface area is 169 Å². The highest BCUT2D eigenvalue weighted by Crippen LogP contribution is 2.36. The zero-order valence-corrected chi connectivity index (χ0v) is 16.2. The fourth-order valence-corrected chi connectivity index (χ4v) is 4.30. The van der Waals surface area contributed by atoms with Gasteiger partial charge < -0.3 is 0 Å². The van der Waals surface area contributed by atoms with Gasteiger partial charge in [-0.3, -0.25) is 10.5 Å². The van der Waals surface area contributed by atoms with E-state index in [9.17, 15) is 15.3 Å². The number of hydrogen-bond acceptors (Lipinski definition) is 6. The van der Waals surface area contributed by atoms with E-state index in [2.05, 4.69) is 17.1 Å². The Bertz CT molecular complexity index is 1080. The molecule has 8 heteroatoms. The van der Waals surface area contributed by atoms with Crippen molar-refractivity contribution in [3.63, 3.8) is 0 Å². The summed E-state index contributed by atoms with van der Waals surface area (Å²) in [5, 5.41) is 22.0. The number of benzene rings is 1. The molecule has 0 radical (unpaired) electrons. The molecule has 0 amide bonds. The minimum atomic E-state index is -0.102. The number of rotatable bonds is 5. The third-order valence-corrected chi connectivity index (χ3v) is 5.89. The Kier molecular flexibility index (Phi) is 5.78. The molecule has 0 bridgehead atoms. The van der Waals surface area contributed by atoms with Gasteiger partial charge >= 0.3 is 0 Å². The second-order valence-electron chi connectivity index (χ2n) is 5.41. The van der Waals surface area contributed by atoms with Gasteiger partial charge in [0, 0.05) is 21.0 Å². The number of nitrogens with one attached hydrogen (secondary N) is 1. The molecular formula is C19H12ClN4OS2+. The smallest absolute Gasteiger partial charge is 0.289 e. The van der Waals surface area contributed by atoms with Crippen LogP contribution in [0.5, 0.6) is 0 Å². The zero-order chi connectivity index (χ0) is 19.4. The van der Waals surface area contributed by atoms with Gasteiger partial charge in [0.15, 0.2) is 16.4 Å². The summed E-state index contributed by atoms with van der Waals surface area (Å²) in [6, 6.07) is 14.5. The van der Waals surface area contributed by atoms with Gasteiger partial charge in [-0.2, -0.15) is 10.5 Å². The summed E-state index contributed by atoms with van der Waals surface area (Å²) in [4.78, 5) is 16.1. The molecular weight excluding hydrogens is 400 g/mol. The molecule has 0 saturated carbocycles. The fraction of sp³-hybridized carbons (Fsp3) is 0.0526. The van der Waals surface area contributed by atoms with Crippen molar-refractivity contribution in [3.8, 4) is 22.6 Å². The summed E-state index contributed by atoms with van der Waals surface area (Å²) < 4.78 is 0. The van der Waals surface area contributed by atoms with E-state index in [0.717, 1.165) is 4.88 Å². The number of thiophene rings is 1. The van der Waals surface area contributed by atoms with Crippen molar-refractivity contribution >= 4 is 46.3 Å². The SMILES string of the molecule is N#Cc1c(N)[nH+]c(SCC(=O)c2ccc(Cl)cc2)c(C#N)c1-c1cccs1. The number of hydrogen-bond donors (Lipinski definition) is 1. The molecule has 0 aliphatic heterocycles. The van der Waals surface area contributed by atoms with Crippen LogP contribution in [0.15, 0.2) is 46.8 Å². The molecule has 3 rings (SSSR count). The average Bonchev–Trinajstić information content (AvgIpc) is 3.20. The summed E-state index contributed by atoms with van der Waals surface area (Å²) in [7, 11) is 0. The van der Waals surface area contributed by atoms with Crippen molar-refractivity contribution in [1.82, 2.24) is 0 Å². The van der Waals surface area contributed by atoms with Gasteiger partial charge in [-0.15, -0.1) is 11.3 Å². The van der Waals surface area contributed by atoms with Crippen LogP contribution in [0.3, 0.4) is 0 Å². The maximum absolute atomic E-state index is 12.4. The summed E-state index contributed by atoms with van der Waals surface area (Å²) in [5.41, 5.74) is 7.55. The van der Waals surface area contributed by atoms with E-state index in [-0.39, 0.29) is 22.9 Å². The molecule has 2 aromatic heterocycles. The molecule has 27 heavy (non-hydrogen) atoms. The number of nitrogen functional groups attached to an aromatic ring is 1. The third kappa shape index (κ3) is 3.96. The van der Waals surface area contributed by atoms with E-state index in [4.69, 9.17) is 17.3 Å². The maximum atomic E-state index is 12.4. The number of aromatic amines is 1.